The summed E-state index contributed by atoms with van der Waals surface area (Å²) in [5.74, 6) is 0.331. The molecule has 1 aromatic carbocycles. The Morgan fingerprint density at radius 1 is 1.35 bits per heavy atom. The van der Waals surface area contributed by atoms with Gasteiger partial charge in [-0.25, -0.2) is 4.98 Å². The second-order valence-electron chi connectivity index (χ2n) is 5.25. The first-order valence-corrected chi connectivity index (χ1v) is 7.63. The maximum Gasteiger partial charge on any atom is 0.253 e. The Bertz CT molecular complexity index is 640. The van der Waals surface area contributed by atoms with E-state index in [9.17, 15) is 4.79 Å². The maximum atomic E-state index is 12.3. The number of carbonyl (C=O) groups excluding carboxylic acids is 1. The normalized spacial score (nSPS) is 11.6. The van der Waals surface area contributed by atoms with Crippen LogP contribution in [0.3, 0.4) is 0 Å². The third-order valence-corrected chi connectivity index (χ3v) is 4.55. The molecule has 0 aliphatic heterocycles. The molecule has 3 N–H and O–H groups in total. The summed E-state index contributed by atoms with van der Waals surface area (Å²) in [5.41, 5.74) is 6.41. The number of nitrogens with one attached hydrogen (secondary N) is 1. The quantitative estimate of drug-likeness (QED) is 0.908. The van der Waals surface area contributed by atoms with Crippen molar-refractivity contribution >= 4 is 34.3 Å². The highest BCUT2D eigenvalue weighted by atomic mass is 32.2. The van der Waals surface area contributed by atoms with Crippen LogP contribution < -0.4 is 11.1 Å². The molecule has 0 bridgehead atoms. The van der Waals surface area contributed by atoms with E-state index in [1.54, 1.807) is 18.0 Å². The molecule has 106 valence electrons. The summed E-state index contributed by atoms with van der Waals surface area (Å²) in [5, 5.41) is 4.60. The zero-order chi connectivity index (χ0) is 14.8. The third-order valence-electron chi connectivity index (χ3n) is 3.30. The van der Waals surface area contributed by atoms with Crippen molar-refractivity contribution in [2.75, 3.05) is 18.5 Å². The van der Waals surface area contributed by atoms with E-state index in [1.807, 2.05) is 30.5 Å². The van der Waals surface area contributed by atoms with Gasteiger partial charge in [0.05, 0.1) is 5.56 Å². The minimum absolute atomic E-state index is 0.00665. The summed E-state index contributed by atoms with van der Waals surface area (Å²) in [6.07, 6.45) is 3.57. The lowest BCUT2D eigenvalue weighted by Crippen LogP contribution is -2.36. The Balaban J connectivity index is 2.29. The lowest BCUT2D eigenvalue weighted by molar-refractivity contribution is 0.0952. The lowest BCUT2D eigenvalue weighted by atomic mass is 10.1. The Morgan fingerprint density at radius 2 is 2.00 bits per heavy atom. The van der Waals surface area contributed by atoms with Gasteiger partial charge < -0.3 is 11.1 Å². The third kappa shape index (κ3) is 3.04. The van der Waals surface area contributed by atoms with Gasteiger partial charge in [0, 0.05) is 22.9 Å². The molecule has 0 fully saturated rings. The first-order chi connectivity index (χ1) is 9.44. The van der Waals surface area contributed by atoms with Crippen LogP contribution >= 0.6 is 11.8 Å². The first kappa shape index (κ1) is 14.7. The summed E-state index contributed by atoms with van der Waals surface area (Å²) in [7, 11) is 0. The summed E-state index contributed by atoms with van der Waals surface area (Å²) >= 11 is 1.72. The lowest BCUT2D eigenvalue weighted by Gasteiger charge is -2.22. The van der Waals surface area contributed by atoms with Crippen LogP contribution in [0.5, 0.6) is 0 Å². The van der Waals surface area contributed by atoms with Gasteiger partial charge in [-0.3, -0.25) is 4.79 Å². The first-order valence-electron chi connectivity index (χ1n) is 6.41. The van der Waals surface area contributed by atoms with E-state index in [0.717, 1.165) is 10.8 Å². The van der Waals surface area contributed by atoms with Crippen LogP contribution in [0.15, 0.2) is 30.5 Å². The smallest absolute Gasteiger partial charge is 0.253 e. The van der Waals surface area contributed by atoms with Gasteiger partial charge in [-0.2, -0.15) is 11.8 Å². The zero-order valence-electron chi connectivity index (χ0n) is 11.9. The van der Waals surface area contributed by atoms with Crippen LogP contribution in [0.4, 0.5) is 5.82 Å². The summed E-state index contributed by atoms with van der Waals surface area (Å²) < 4.78 is 0.00665. The van der Waals surface area contributed by atoms with Crippen molar-refractivity contribution in [1.29, 1.82) is 0 Å². The number of pyridine rings is 1. The van der Waals surface area contributed by atoms with E-state index in [2.05, 4.69) is 24.1 Å². The summed E-state index contributed by atoms with van der Waals surface area (Å²) in [6.45, 7) is 4.79. The molecule has 0 aliphatic carbocycles. The molecule has 0 aliphatic rings. The Labute approximate surface area is 123 Å². The number of anilines is 1. The van der Waals surface area contributed by atoms with Crippen molar-refractivity contribution < 1.29 is 4.79 Å². The number of thioether (sulfide) groups is 1. The van der Waals surface area contributed by atoms with Crippen molar-refractivity contribution in [2.24, 2.45) is 0 Å². The molecule has 5 heteroatoms. The number of rotatable bonds is 4. The topological polar surface area (TPSA) is 68.0 Å². The Hall–Kier alpha value is -1.75. The predicted octanol–water partition coefficient (Wildman–Crippen LogP) is 2.69. The second-order valence-corrected chi connectivity index (χ2v) is 6.76. The summed E-state index contributed by atoms with van der Waals surface area (Å²) in [4.78, 5) is 16.4. The van der Waals surface area contributed by atoms with Crippen LogP contribution in [-0.2, 0) is 0 Å². The zero-order valence-corrected chi connectivity index (χ0v) is 12.8. The van der Waals surface area contributed by atoms with Gasteiger partial charge in [-0.15, -0.1) is 0 Å². The number of nitrogens with two attached hydrogens (primary N) is 1. The van der Waals surface area contributed by atoms with Crippen molar-refractivity contribution in [3.05, 3.63) is 36.0 Å². The fourth-order valence-corrected chi connectivity index (χ4v) is 2.07. The number of nitrogens with zero attached hydrogens (tertiary/aromatic N) is 1. The minimum Gasteiger partial charge on any atom is -0.383 e. The number of benzene rings is 1. The van der Waals surface area contributed by atoms with E-state index in [4.69, 9.17) is 5.73 Å². The molecule has 2 rings (SSSR count). The molecule has 0 radical (unpaired) electrons. The molecule has 2 aromatic rings. The van der Waals surface area contributed by atoms with Gasteiger partial charge in [-0.05, 0) is 25.5 Å². The molecular weight excluding hydrogens is 270 g/mol. The fraction of sp³-hybridized carbons (Fsp3) is 0.333. The number of aromatic nitrogens is 1. The van der Waals surface area contributed by atoms with E-state index < -0.39 is 0 Å². The van der Waals surface area contributed by atoms with Gasteiger partial charge >= 0.3 is 0 Å². The predicted molar refractivity (Wildman–Crippen MR) is 86.1 cm³/mol. The molecule has 1 aromatic heterocycles. The van der Waals surface area contributed by atoms with E-state index in [1.165, 1.54) is 0 Å². The number of carbonyl (C=O) groups is 1. The highest BCUT2D eigenvalue weighted by Gasteiger charge is 2.19. The molecule has 0 unspecified atom stereocenters. The van der Waals surface area contributed by atoms with Crippen molar-refractivity contribution in [2.45, 2.75) is 18.6 Å². The molecular formula is C15H19N3OS. The van der Waals surface area contributed by atoms with E-state index >= 15 is 0 Å². The molecule has 0 saturated heterocycles. The maximum absolute atomic E-state index is 12.3. The van der Waals surface area contributed by atoms with Crippen LogP contribution in [0.1, 0.15) is 24.2 Å². The largest absolute Gasteiger partial charge is 0.383 e. The molecule has 0 saturated carbocycles. The second kappa shape index (κ2) is 5.71. The average Bonchev–Trinajstić information content (AvgIpc) is 2.46. The SMILES string of the molecule is CSC(C)(C)CNC(=O)c1cnc(N)c2ccccc12. The van der Waals surface area contributed by atoms with Gasteiger partial charge in [-0.1, -0.05) is 24.3 Å². The van der Waals surface area contributed by atoms with E-state index in [0.29, 0.717) is 17.9 Å². The van der Waals surface area contributed by atoms with Gasteiger partial charge in [0.1, 0.15) is 5.82 Å². The summed E-state index contributed by atoms with van der Waals surface area (Å²) in [6, 6.07) is 7.55. The average molecular weight is 289 g/mol. The van der Waals surface area contributed by atoms with Crippen LogP contribution in [0.2, 0.25) is 0 Å². The molecule has 0 spiro atoms. The minimum atomic E-state index is -0.115. The monoisotopic (exact) mass is 289 g/mol. The Morgan fingerprint density at radius 3 is 2.65 bits per heavy atom. The number of hydrogen-bond acceptors (Lipinski definition) is 4. The van der Waals surface area contributed by atoms with Crippen molar-refractivity contribution in [3.8, 4) is 0 Å². The molecule has 1 heterocycles. The van der Waals surface area contributed by atoms with Crippen molar-refractivity contribution in [1.82, 2.24) is 10.3 Å². The van der Waals surface area contributed by atoms with Gasteiger partial charge in [0.2, 0.25) is 0 Å². The van der Waals surface area contributed by atoms with Crippen LogP contribution in [0, 0.1) is 0 Å². The van der Waals surface area contributed by atoms with Crippen LogP contribution in [-0.4, -0.2) is 28.4 Å². The van der Waals surface area contributed by atoms with E-state index in [-0.39, 0.29) is 10.7 Å². The molecule has 20 heavy (non-hydrogen) atoms. The fourth-order valence-electron chi connectivity index (χ4n) is 1.86. The highest BCUT2D eigenvalue weighted by molar-refractivity contribution is 7.99. The van der Waals surface area contributed by atoms with Crippen molar-refractivity contribution in [3.63, 3.8) is 0 Å². The number of amides is 1. The standard InChI is InChI=1S/C15H19N3OS/c1-15(2,20-3)9-18-14(19)12-8-17-13(16)11-7-5-4-6-10(11)12/h4-8H,9H2,1-3H3,(H2,16,17)(H,18,19). The molecule has 1 amide bonds. The van der Waals surface area contributed by atoms with Gasteiger partial charge in [0.15, 0.2) is 0 Å². The Kier molecular flexibility index (Phi) is 4.18. The van der Waals surface area contributed by atoms with Crippen LogP contribution in [0.25, 0.3) is 10.8 Å². The number of fused-ring (bicyclic) bond motifs is 1. The molecule has 4 nitrogen and oxygen atoms in total. The number of hydrogen-bond donors (Lipinski definition) is 2. The number of nitrogen functional groups attached to an aromatic ring is 1. The highest BCUT2D eigenvalue weighted by Crippen LogP contribution is 2.23. The van der Waals surface area contributed by atoms with Gasteiger partial charge in [0.25, 0.3) is 5.91 Å². The molecule has 0 atom stereocenters.